The average Bonchev–Trinajstić information content (AvgIpc) is 2.17. The topological polar surface area (TPSA) is 63.4 Å². The molecule has 1 saturated heterocycles. The minimum absolute atomic E-state index is 0. The van der Waals surface area contributed by atoms with Gasteiger partial charge in [-0.2, -0.15) is 0 Å². The van der Waals surface area contributed by atoms with Gasteiger partial charge in [-0.25, -0.2) is 12.7 Å². The highest BCUT2D eigenvalue weighted by atomic mass is 35.5. The normalized spacial score (nSPS) is 24.1. The van der Waals surface area contributed by atoms with E-state index in [-0.39, 0.29) is 30.1 Å². The van der Waals surface area contributed by atoms with E-state index < -0.39 is 10.0 Å². The first-order valence-corrected chi connectivity index (χ1v) is 7.80. The highest BCUT2D eigenvalue weighted by Gasteiger charge is 2.28. The van der Waals surface area contributed by atoms with Gasteiger partial charge in [0.1, 0.15) is 0 Å². The summed E-state index contributed by atoms with van der Waals surface area (Å²) in [7, 11) is -3.08. The predicted molar refractivity (Wildman–Crippen MR) is 73.9 cm³/mol. The zero-order valence-electron chi connectivity index (χ0n) is 10.8. The number of hydrogen-bond donors (Lipinski definition) is 1. The van der Waals surface area contributed by atoms with Crippen LogP contribution in [0, 0.1) is 5.92 Å². The standard InChI is InChI=1S/C11H24N2O2S.ClH/c1-3-5-10(2)9-16(14,15)13-7-4-6-11(12)8-13;/h10-11H,3-9,12H2,1-2H3;1H. The highest BCUT2D eigenvalue weighted by molar-refractivity contribution is 7.89. The molecule has 17 heavy (non-hydrogen) atoms. The summed E-state index contributed by atoms with van der Waals surface area (Å²) in [4.78, 5) is 0. The van der Waals surface area contributed by atoms with Crippen molar-refractivity contribution in [3.05, 3.63) is 0 Å². The molecule has 2 N–H and O–H groups in total. The fourth-order valence-electron chi connectivity index (χ4n) is 2.27. The van der Waals surface area contributed by atoms with E-state index in [1.54, 1.807) is 4.31 Å². The van der Waals surface area contributed by atoms with Crippen LogP contribution in [0.15, 0.2) is 0 Å². The third kappa shape index (κ3) is 5.55. The lowest BCUT2D eigenvalue weighted by Crippen LogP contribution is -2.47. The van der Waals surface area contributed by atoms with Crippen molar-refractivity contribution in [2.24, 2.45) is 11.7 Å². The van der Waals surface area contributed by atoms with E-state index in [1.165, 1.54) is 0 Å². The molecule has 0 aromatic rings. The molecule has 0 aliphatic carbocycles. The van der Waals surface area contributed by atoms with Crippen molar-refractivity contribution in [2.45, 2.75) is 45.6 Å². The van der Waals surface area contributed by atoms with Crippen LogP contribution in [0.25, 0.3) is 0 Å². The fourth-order valence-corrected chi connectivity index (χ4v) is 4.19. The van der Waals surface area contributed by atoms with E-state index >= 15 is 0 Å². The van der Waals surface area contributed by atoms with Gasteiger partial charge in [0, 0.05) is 19.1 Å². The summed E-state index contributed by atoms with van der Waals surface area (Å²) >= 11 is 0. The largest absolute Gasteiger partial charge is 0.327 e. The van der Waals surface area contributed by atoms with E-state index in [1.807, 2.05) is 6.92 Å². The van der Waals surface area contributed by atoms with Crippen molar-refractivity contribution in [2.75, 3.05) is 18.8 Å². The van der Waals surface area contributed by atoms with Crippen LogP contribution in [0.4, 0.5) is 0 Å². The lowest BCUT2D eigenvalue weighted by Gasteiger charge is -2.30. The van der Waals surface area contributed by atoms with Gasteiger partial charge < -0.3 is 5.73 Å². The minimum Gasteiger partial charge on any atom is -0.327 e. The molecule has 4 nitrogen and oxygen atoms in total. The summed E-state index contributed by atoms with van der Waals surface area (Å²) in [5.74, 6) is 0.515. The molecule has 0 aromatic heterocycles. The third-order valence-corrected chi connectivity index (χ3v) is 5.20. The zero-order chi connectivity index (χ0) is 12.2. The number of nitrogens with two attached hydrogens (primary N) is 1. The molecule has 0 amide bonds. The second kappa shape index (κ2) is 7.56. The van der Waals surface area contributed by atoms with Crippen LogP contribution in [0.1, 0.15) is 39.5 Å². The molecule has 1 rings (SSSR count). The van der Waals surface area contributed by atoms with E-state index in [0.29, 0.717) is 13.1 Å². The first-order chi connectivity index (χ1) is 7.45. The molecule has 0 bridgehead atoms. The summed E-state index contributed by atoms with van der Waals surface area (Å²) < 4.78 is 25.8. The van der Waals surface area contributed by atoms with Gasteiger partial charge >= 0.3 is 0 Å². The quantitative estimate of drug-likeness (QED) is 0.834. The fraction of sp³-hybridized carbons (Fsp3) is 1.00. The predicted octanol–water partition coefficient (Wildman–Crippen LogP) is 1.60. The van der Waals surface area contributed by atoms with Gasteiger partial charge in [-0.15, -0.1) is 12.4 Å². The molecule has 0 spiro atoms. The first kappa shape index (κ1) is 17.2. The Morgan fingerprint density at radius 1 is 1.47 bits per heavy atom. The Bertz CT molecular complexity index is 309. The Hall–Kier alpha value is 0.160. The summed E-state index contributed by atoms with van der Waals surface area (Å²) in [6.45, 7) is 5.24. The maximum absolute atomic E-state index is 12.1. The van der Waals surface area contributed by atoms with E-state index in [0.717, 1.165) is 25.7 Å². The monoisotopic (exact) mass is 284 g/mol. The second-order valence-electron chi connectivity index (χ2n) is 4.93. The average molecular weight is 285 g/mol. The number of hydrogen-bond acceptors (Lipinski definition) is 3. The van der Waals surface area contributed by atoms with Crippen LogP contribution in [0.2, 0.25) is 0 Å². The van der Waals surface area contributed by atoms with Crippen LogP contribution < -0.4 is 5.73 Å². The van der Waals surface area contributed by atoms with Crippen molar-refractivity contribution in [3.63, 3.8) is 0 Å². The molecule has 0 radical (unpaired) electrons. The number of rotatable bonds is 5. The Morgan fingerprint density at radius 2 is 2.12 bits per heavy atom. The van der Waals surface area contributed by atoms with Crippen LogP contribution >= 0.6 is 12.4 Å². The SMILES string of the molecule is CCCC(C)CS(=O)(=O)N1CCCC(N)C1.Cl. The molecule has 0 saturated carbocycles. The smallest absolute Gasteiger partial charge is 0.214 e. The number of nitrogens with zero attached hydrogens (tertiary/aromatic N) is 1. The van der Waals surface area contributed by atoms with E-state index in [9.17, 15) is 8.42 Å². The molecule has 1 fully saturated rings. The van der Waals surface area contributed by atoms with Gasteiger partial charge in [0.05, 0.1) is 5.75 Å². The molecule has 104 valence electrons. The molecule has 1 heterocycles. The van der Waals surface area contributed by atoms with Crippen LogP contribution in [-0.4, -0.2) is 37.6 Å². The van der Waals surface area contributed by atoms with Gasteiger partial charge in [-0.1, -0.05) is 20.3 Å². The molecular formula is C11H25ClN2O2S. The van der Waals surface area contributed by atoms with Gasteiger partial charge in [0.2, 0.25) is 10.0 Å². The Balaban J connectivity index is 0.00000256. The molecule has 2 atom stereocenters. The molecule has 2 unspecified atom stereocenters. The Morgan fingerprint density at radius 3 is 2.65 bits per heavy atom. The lowest BCUT2D eigenvalue weighted by atomic mass is 10.1. The lowest BCUT2D eigenvalue weighted by molar-refractivity contribution is 0.313. The van der Waals surface area contributed by atoms with Gasteiger partial charge in [0.25, 0.3) is 0 Å². The minimum atomic E-state index is -3.08. The van der Waals surface area contributed by atoms with Crippen molar-refractivity contribution in [1.29, 1.82) is 0 Å². The second-order valence-corrected chi connectivity index (χ2v) is 6.95. The number of sulfonamides is 1. The van der Waals surface area contributed by atoms with Gasteiger partial charge in [-0.05, 0) is 25.2 Å². The van der Waals surface area contributed by atoms with Gasteiger partial charge in [0.15, 0.2) is 0 Å². The summed E-state index contributed by atoms with van der Waals surface area (Å²) in [6.07, 6.45) is 3.84. The van der Waals surface area contributed by atoms with Crippen molar-refractivity contribution in [3.8, 4) is 0 Å². The summed E-state index contributed by atoms with van der Waals surface area (Å²) in [6, 6.07) is 0.0185. The third-order valence-electron chi connectivity index (χ3n) is 3.09. The maximum atomic E-state index is 12.1. The molecule has 1 aliphatic rings. The van der Waals surface area contributed by atoms with Crippen molar-refractivity contribution < 1.29 is 8.42 Å². The maximum Gasteiger partial charge on any atom is 0.214 e. The van der Waals surface area contributed by atoms with Crippen molar-refractivity contribution in [1.82, 2.24) is 4.31 Å². The first-order valence-electron chi connectivity index (χ1n) is 6.19. The molecule has 0 aromatic carbocycles. The summed E-state index contributed by atoms with van der Waals surface area (Å²) in [5.41, 5.74) is 5.81. The number of piperidine rings is 1. The highest BCUT2D eigenvalue weighted by Crippen LogP contribution is 2.17. The summed E-state index contributed by atoms with van der Waals surface area (Å²) in [5, 5.41) is 0. The van der Waals surface area contributed by atoms with E-state index in [4.69, 9.17) is 5.73 Å². The van der Waals surface area contributed by atoms with E-state index in [2.05, 4.69) is 6.92 Å². The zero-order valence-corrected chi connectivity index (χ0v) is 12.4. The molecule has 6 heteroatoms. The molecule has 1 aliphatic heterocycles. The van der Waals surface area contributed by atoms with Crippen LogP contribution in [-0.2, 0) is 10.0 Å². The van der Waals surface area contributed by atoms with Gasteiger partial charge in [-0.3, -0.25) is 0 Å². The molecular weight excluding hydrogens is 260 g/mol. The number of halogens is 1. The van der Waals surface area contributed by atoms with Crippen LogP contribution in [0.5, 0.6) is 0 Å². The Kier molecular flexibility index (Phi) is 7.63. The van der Waals surface area contributed by atoms with Crippen LogP contribution in [0.3, 0.4) is 0 Å². The van der Waals surface area contributed by atoms with Crippen molar-refractivity contribution >= 4 is 22.4 Å². The Labute approximate surface area is 111 Å².